The minimum atomic E-state index is -4.35. The van der Waals surface area contributed by atoms with Gasteiger partial charge in [0.2, 0.25) is 0 Å². The first-order valence-electron chi connectivity index (χ1n) is 6.74. The van der Waals surface area contributed by atoms with Gasteiger partial charge in [0.05, 0.1) is 5.56 Å². The summed E-state index contributed by atoms with van der Waals surface area (Å²) in [7, 11) is 2.08. The Morgan fingerprint density at radius 2 is 2.00 bits per heavy atom. The Bertz CT molecular complexity index is 513. The van der Waals surface area contributed by atoms with Crippen molar-refractivity contribution in [2.75, 3.05) is 25.9 Å². The van der Waals surface area contributed by atoms with Gasteiger partial charge in [0.1, 0.15) is 0 Å². The van der Waals surface area contributed by atoms with Gasteiger partial charge in [0.15, 0.2) is 0 Å². The molecule has 2 saturated heterocycles. The zero-order valence-corrected chi connectivity index (χ0v) is 11.3. The fourth-order valence-corrected chi connectivity index (χ4v) is 3.36. The van der Waals surface area contributed by atoms with E-state index >= 15 is 0 Å². The van der Waals surface area contributed by atoms with Crippen LogP contribution in [0.3, 0.4) is 0 Å². The number of benzene rings is 1. The van der Waals surface area contributed by atoms with Gasteiger partial charge in [-0.25, -0.2) is 0 Å². The number of likely N-dealkylation sites (tertiary alicyclic amines) is 2. The summed E-state index contributed by atoms with van der Waals surface area (Å²) in [5, 5.41) is 0. The Kier molecular flexibility index (Phi) is 3.17. The van der Waals surface area contributed by atoms with Crippen molar-refractivity contribution in [3.63, 3.8) is 0 Å². The van der Waals surface area contributed by atoms with E-state index in [4.69, 9.17) is 5.73 Å². The highest BCUT2D eigenvalue weighted by molar-refractivity contribution is 5.46. The number of hydrogen-bond acceptors (Lipinski definition) is 3. The maximum Gasteiger partial charge on any atom is 0.416 e. The second-order valence-corrected chi connectivity index (χ2v) is 5.83. The number of halogens is 3. The van der Waals surface area contributed by atoms with Crippen LogP contribution in [0.15, 0.2) is 18.2 Å². The minimum Gasteiger partial charge on any atom is -0.399 e. The van der Waals surface area contributed by atoms with Crippen molar-refractivity contribution in [2.45, 2.75) is 31.2 Å². The first-order valence-corrected chi connectivity index (χ1v) is 6.74. The molecule has 20 heavy (non-hydrogen) atoms. The maximum atomic E-state index is 13.1. The molecule has 3 nitrogen and oxygen atoms in total. The molecular formula is C14H18F3N3. The molecular weight excluding hydrogens is 267 g/mol. The third kappa shape index (κ3) is 2.38. The molecule has 2 aliphatic rings. The number of hydrogen-bond donors (Lipinski definition) is 1. The van der Waals surface area contributed by atoms with Crippen LogP contribution in [0.1, 0.15) is 17.5 Å². The van der Waals surface area contributed by atoms with E-state index in [9.17, 15) is 13.2 Å². The van der Waals surface area contributed by atoms with Crippen LogP contribution in [-0.2, 0) is 12.7 Å². The van der Waals surface area contributed by atoms with Gasteiger partial charge in [-0.1, -0.05) is 6.07 Å². The van der Waals surface area contributed by atoms with Gasteiger partial charge < -0.3 is 10.6 Å². The van der Waals surface area contributed by atoms with Crippen LogP contribution in [0.5, 0.6) is 0 Å². The summed E-state index contributed by atoms with van der Waals surface area (Å²) in [4.78, 5) is 4.44. The molecule has 0 amide bonds. The van der Waals surface area contributed by atoms with Crippen LogP contribution in [-0.4, -0.2) is 42.0 Å². The van der Waals surface area contributed by atoms with Crippen molar-refractivity contribution in [3.8, 4) is 0 Å². The summed E-state index contributed by atoms with van der Waals surface area (Å²) >= 11 is 0. The number of nitrogens with two attached hydrogens (primary N) is 1. The number of anilines is 1. The summed E-state index contributed by atoms with van der Waals surface area (Å²) in [6, 6.07) is 4.96. The number of nitrogens with zero attached hydrogens (tertiary/aromatic N) is 2. The lowest BCUT2D eigenvalue weighted by Crippen LogP contribution is -2.44. The molecule has 2 heterocycles. The van der Waals surface area contributed by atoms with Gasteiger partial charge in [0, 0.05) is 37.4 Å². The number of fused-ring (bicyclic) bond motifs is 2. The van der Waals surface area contributed by atoms with E-state index < -0.39 is 11.7 Å². The third-order valence-electron chi connectivity index (χ3n) is 4.44. The number of alkyl halides is 3. The predicted octanol–water partition coefficient (Wildman–Crippen LogP) is 2.18. The zero-order chi connectivity index (χ0) is 14.5. The Morgan fingerprint density at radius 1 is 1.25 bits per heavy atom. The molecule has 2 N–H and O–H groups in total. The van der Waals surface area contributed by atoms with Crippen LogP contribution in [0, 0.1) is 0 Å². The Balaban J connectivity index is 1.82. The fourth-order valence-electron chi connectivity index (χ4n) is 3.36. The molecule has 1 aromatic rings. The highest BCUT2D eigenvalue weighted by atomic mass is 19.4. The van der Waals surface area contributed by atoms with E-state index in [0.29, 0.717) is 24.2 Å². The van der Waals surface area contributed by atoms with Gasteiger partial charge in [-0.15, -0.1) is 0 Å². The van der Waals surface area contributed by atoms with E-state index in [1.807, 2.05) is 0 Å². The summed E-state index contributed by atoms with van der Waals surface area (Å²) in [6.45, 7) is 2.15. The van der Waals surface area contributed by atoms with E-state index in [-0.39, 0.29) is 5.69 Å². The number of piperazine rings is 1. The number of nitrogen functional groups attached to an aromatic ring is 1. The van der Waals surface area contributed by atoms with Gasteiger partial charge in [-0.05, 0) is 31.2 Å². The summed E-state index contributed by atoms with van der Waals surface area (Å²) < 4.78 is 39.2. The molecule has 0 aromatic heterocycles. The number of rotatable bonds is 2. The van der Waals surface area contributed by atoms with E-state index in [1.165, 1.54) is 6.07 Å². The molecule has 0 unspecified atom stereocenters. The largest absolute Gasteiger partial charge is 0.416 e. The summed E-state index contributed by atoms with van der Waals surface area (Å²) in [6.07, 6.45) is -3.28. The third-order valence-corrected chi connectivity index (χ3v) is 4.44. The van der Waals surface area contributed by atoms with Crippen LogP contribution in [0.2, 0.25) is 0 Å². The SMILES string of the molecule is CN1C[C@H]2C[C@@H]1CN2Cc1ccc(N)cc1C(F)(F)F. The second-order valence-electron chi connectivity index (χ2n) is 5.83. The van der Waals surface area contributed by atoms with Crippen LogP contribution >= 0.6 is 0 Å². The standard InChI is InChI=1S/C14H18F3N3/c1-19-7-12-5-11(19)8-20(12)6-9-2-3-10(18)4-13(9)14(15,16)17/h2-4,11-12H,5-8,18H2,1H3/t11-,12-/m1/s1. The average Bonchev–Trinajstić information content (AvgIpc) is 2.89. The molecule has 2 aliphatic heterocycles. The Labute approximate surface area is 116 Å². The molecule has 2 fully saturated rings. The van der Waals surface area contributed by atoms with Gasteiger partial charge in [-0.3, -0.25) is 4.90 Å². The lowest BCUT2D eigenvalue weighted by Gasteiger charge is -2.32. The monoisotopic (exact) mass is 285 g/mol. The molecule has 110 valence electrons. The van der Waals surface area contributed by atoms with Crippen molar-refractivity contribution in [2.24, 2.45) is 0 Å². The predicted molar refractivity (Wildman–Crippen MR) is 71.1 cm³/mol. The highest BCUT2D eigenvalue weighted by Crippen LogP contribution is 2.36. The van der Waals surface area contributed by atoms with E-state index in [1.54, 1.807) is 6.07 Å². The van der Waals surface area contributed by atoms with Crippen LogP contribution in [0.25, 0.3) is 0 Å². The molecule has 2 atom stereocenters. The zero-order valence-electron chi connectivity index (χ0n) is 11.3. The maximum absolute atomic E-state index is 13.1. The second kappa shape index (κ2) is 4.63. The summed E-state index contributed by atoms with van der Waals surface area (Å²) in [5.41, 5.74) is 5.37. The lowest BCUT2D eigenvalue weighted by molar-refractivity contribution is -0.138. The van der Waals surface area contributed by atoms with Crippen molar-refractivity contribution >= 4 is 5.69 Å². The lowest BCUT2D eigenvalue weighted by atomic mass is 10.0. The van der Waals surface area contributed by atoms with Crippen molar-refractivity contribution < 1.29 is 13.2 Å². The molecule has 2 bridgehead atoms. The normalized spacial score (nSPS) is 27.4. The molecule has 0 saturated carbocycles. The molecule has 1 aromatic carbocycles. The fraction of sp³-hybridized carbons (Fsp3) is 0.571. The smallest absolute Gasteiger partial charge is 0.399 e. The first-order chi connectivity index (χ1) is 9.34. The van der Waals surface area contributed by atoms with Gasteiger partial charge in [0.25, 0.3) is 0 Å². The quantitative estimate of drug-likeness (QED) is 0.845. The number of likely N-dealkylation sites (N-methyl/N-ethyl adjacent to an activating group) is 1. The topological polar surface area (TPSA) is 32.5 Å². The van der Waals surface area contributed by atoms with Gasteiger partial charge >= 0.3 is 6.18 Å². The molecule has 3 rings (SSSR count). The highest BCUT2D eigenvalue weighted by Gasteiger charge is 2.42. The minimum absolute atomic E-state index is 0.156. The van der Waals surface area contributed by atoms with Gasteiger partial charge in [-0.2, -0.15) is 13.2 Å². The summed E-state index contributed by atoms with van der Waals surface area (Å²) in [5.74, 6) is 0. The Morgan fingerprint density at radius 3 is 2.55 bits per heavy atom. The molecule has 6 heteroatoms. The van der Waals surface area contributed by atoms with Crippen molar-refractivity contribution in [1.29, 1.82) is 0 Å². The average molecular weight is 285 g/mol. The van der Waals surface area contributed by atoms with Crippen molar-refractivity contribution in [1.82, 2.24) is 9.80 Å². The molecule has 0 radical (unpaired) electrons. The van der Waals surface area contributed by atoms with Crippen LogP contribution < -0.4 is 5.73 Å². The van der Waals surface area contributed by atoms with Crippen LogP contribution in [0.4, 0.5) is 18.9 Å². The van der Waals surface area contributed by atoms with E-state index in [2.05, 4.69) is 16.8 Å². The molecule has 0 spiro atoms. The van der Waals surface area contributed by atoms with Crippen molar-refractivity contribution in [3.05, 3.63) is 29.3 Å². The first kappa shape index (κ1) is 13.7. The Hall–Kier alpha value is -1.27. The molecule has 0 aliphatic carbocycles. The van der Waals surface area contributed by atoms with E-state index in [0.717, 1.165) is 25.6 Å².